The van der Waals surface area contributed by atoms with Crippen molar-refractivity contribution in [2.75, 3.05) is 25.6 Å². The van der Waals surface area contributed by atoms with Crippen LogP contribution in [0.15, 0.2) is 11.0 Å². The lowest BCUT2D eigenvalue weighted by atomic mass is 10.2. The minimum Gasteiger partial charge on any atom is -0.391 e. The minimum atomic E-state index is -0.536. The largest absolute Gasteiger partial charge is 0.391 e. The van der Waals surface area contributed by atoms with Crippen molar-refractivity contribution >= 4 is 17.3 Å². The van der Waals surface area contributed by atoms with Gasteiger partial charge in [0.15, 0.2) is 0 Å². The SMILES string of the molecule is COCC(O)CCNc1cnn(C)c(=O)c1Cl. The molecule has 1 aromatic rings. The number of aryl methyl sites for hydroxylation is 1. The van der Waals surface area contributed by atoms with Gasteiger partial charge in [0.05, 0.1) is 24.6 Å². The Morgan fingerprint density at radius 1 is 1.71 bits per heavy atom. The van der Waals surface area contributed by atoms with E-state index in [-0.39, 0.29) is 17.2 Å². The van der Waals surface area contributed by atoms with Crippen molar-refractivity contribution < 1.29 is 9.84 Å². The number of ether oxygens (including phenoxy) is 1. The number of aliphatic hydroxyl groups is 1. The fourth-order valence-electron chi connectivity index (χ4n) is 1.28. The smallest absolute Gasteiger partial charge is 0.287 e. The van der Waals surface area contributed by atoms with Crippen LogP contribution in [0.5, 0.6) is 0 Å². The Morgan fingerprint density at radius 2 is 2.41 bits per heavy atom. The molecule has 0 spiro atoms. The van der Waals surface area contributed by atoms with Gasteiger partial charge in [-0.05, 0) is 6.42 Å². The Bertz CT molecular complexity index is 422. The highest BCUT2D eigenvalue weighted by Gasteiger charge is 2.08. The number of aliphatic hydroxyl groups excluding tert-OH is 1. The molecule has 0 aliphatic heterocycles. The lowest BCUT2D eigenvalue weighted by Gasteiger charge is -2.11. The molecule has 0 fully saturated rings. The molecule has 1 aromatic heterocycles. The number of aromatic nitrogens is 2. The summed E-state index contributed by atoms with van der Waals surface area (Å²) in [6.07, 6.45) is 1.44. The van der Waals surface area contributed by atoms with Crippen molar-refractivity contribution in [1.29, 1.82) is 0 Å². The van der Waals surface area contributed by atoms with Gasteiger partial charge in [-0.2, -0.15) is 5.10 Å². The Balaban J connectivity index is 2.53. The minimum absolute atomic E-state index is 0.101. The van der Waals surface area contributed by atoms with E-state index in [4.69, 9.17) is 16.3 Å². The standard InChI is InChI=1S/C10H16ClN3O3/c1-14-10(16)9(11)8(5-13-14)12-4-3-7(15)6-17-2/h5,7,12,15H,3-4,6H2,1-2H3. The highest BCUT2D eigenvalue weighted by molar-refractivity contribution is 6.32. The maximum absolute atomic E-state index is 11.4. The lowest BCUT2D eigenvalue weighted by Crippen LogP contribution is -2.22. The van der Waals surface area contributed by atoms with Crippen molar-refractivity contribution in [3.8, 4) is 0 Å². The Labute approximate surface area is 104 Å². The van der Waals surface area contributed by atoms with Gasteiger partial charge in [-0.1, -0.05) is 11.6 Å². The molecule has 0 bridgehead atoms. The molecule has 2 N–H and O–H groups in total. The molecule has 6 nitrogen and oxygen atoms in total. The zero-order valence-electron chi connectivity index (χ0n) is 9.81. The molecule has 0 saturated carbocycles. The van der Waals surface area contributed by atoms with Crippen LogP contribution in [0, 0.1) is 0 Å². The summed E-state index contributed by atoms with van der Waals surface area (Å²) >= 11 is 5.85. The van der Waals surface area contributed by atoms with Crippen LogP contribution in [0.4, 0.5) is 5.69 Å². The molecule has 1 rings (SSSR count). The number of nitrogens with one attached hydrogen (secondary N) is 1. The first-order valence-corrected chi connectivity index (χ1v) is 5.56. The van der Waals surface area contributed by atoms with Gasteiger partial charge < -0.3 is 15.2 Å². The van der Waals surface area contributed by atoms with Gasteiger partial charge in [0.2, 0.25) is 0 Å². The number of rotatable bonds is 6. The summed E-state index contributed by atoms with van der Waals surface area (Å²) in [5.41, 5.74) is 0.119. The highest BCUT2D eigenvalue weighted by atomic mass is 35.5. The van der Waals surface area contributed by atoms with E-state index in [1.807, 2.05) is 0 Å². The number of anilines is 1. The van der Waals surface area contributed by atoms with Crippen LogP contribution in [0.25, 0.3) is 0 Å². The average Bonchev–Trinajstić information content (AvgIpc) is 2.29. The second kappa shape index (κ2) is 6.58. The molecule has 0 amide bonds. The van der Waals surface area contributed by atoms with E-state index < -0.39 is 6.10 Å². The van der Waals surface area contributed by atoms with Crippen molar-refractivity contribution in [1.82, 2.24) is 9.78 Å². The normalized spacial score (nSPS) is 12.5. The van der Waals surface area contributed by atoms with E-state index in [2.05, 4.69) is 10.4 Å². The second-order valence-electron chi connectivity index (χ2n) is 3.63. The molecule has 1 unspecified atom stereocenters. The molecule has 17 heavy (non-hydrogen) atoms. The Morgan fingerprint density at radius 3 is 3.06 bits per heavy atom. The van der Waals surface area contributed by atoms with Gasteiger partial charge in [0.1, 0.15) is 5.02 Å². The average molecular weight is 262 g/mol. The van der Waals surface area contributed by atoms with Gasteiger partial charge in [-0.25, -0.2) is 4.68 Å². The zero-order chi connectivity index (χ0) is 12.8. The fraction of sp³-hybridized carbons (Fsp3) is 0.600. The first-order chi connectivity index (χ1) is 8.06. The van der Waals surface area contributed by atoms with Crippen LogP contribution in [-0.4, -0.2) is 41.3 Å². The first kappa shape index (κ1) is 14.0. The second-order valence-corrected chi connectivity index (χ2v) is 4.00. The van der Waals surface area contributed by atoms with Crippen molar-refractivity contribution in [3.63, 3.8) is 0 Å². The monoisotopic (exact) mass is 261 g/mol. The summed E-state index contributed by atoms with van der Waals surface area (Å²) in [5, 5.41) is 16.3. The third-order valence-electron chi connectivity index (χ3n) is 2.23. The van der Waals surface area contributed by atoms with Crippen molar-refractivity contribution in [3.05, 3.63) is 21.6 Å². The predicted octanol–water partition coefficient (Wildman–Crippen LogP) is 0.243. The van der Waals surface area contributed by atoms with Crippen LogP contribution < -0.4 is 10.9 Å². The van der Waals surface area contributed by atoms with E-state index in [9.17, 15) is 9.90 Å². The fourth-order valence-corrected chi connectivity index (χ4v) is 1.52. The number of nitrogens with zero attached hydrogens (tertiary/aromatic N) is 2. The zero-order valence-corrected chi connectivity index (χ0v) is 10.6. The Hall–Kier alpha value is -1.11. The van der Waals surface area contributed by atoms with Crippen LogP contribution >= 0.6 is 11.6 Å². The predicted molar refractivity (Wildman–Crippen MR) is 65.5 cm³/mol. The van der Waals surface area contributed by atoms with Crippen LogP contribution in [-0.2, 0) is 11.8 Å². The molecule has 96 valence electrons. The topological polar surface area (TPSA) is 76.4 Å². The maximum atomic E-state index is 11.4. The summed E-state index contributed by atoms with van der Waals surface area (Å²) in [7, 11) is 3.05. The maximum Gasteiger partial charge on any atom is 0.287 e. The molecule has 0 radical (unpaired) electrons. The van der Waals surface area contributed by atoms with Crippen LogP contribution in [0.3, 0.4) is 0 Å². The van der Waals surface area contributed by atoms with E-state index >= 15 is 0 Å². The molecule has 0 aromatic carbocycles. The first-order valence-electron chi connectivity index (χ1n) is 5.19. The molecule has 1 heterocycles. The molecule has 0 aliphatic carbocycles. The molecule has 7 heteroatoms. The van der Waals surface area contributed by atoms with E-state index in [0.29, 0.717) is 18.7 Å². The quantitative estimate of drug-likeness (QED) is 0.767. The van der Waals surface area contributed by atoms with E-state index in [0.717, 1.165) is 4.68 Å². The highest BCUT2D eigenvalue weighted by Crippen LogP contribution is 2.14. The van der Waals surface area contributed by atoms with Gasteiger partial charge >= 0.3 is 0 Å². The summed E-state index contributed by atoms with van der Waals surface area (Å²) < 4.78 is 5.96. The number of hydrogen-bond acceptors (Lipinski definition) is 5. The number of halogens is 1. The van der Waals surface area contributed by atoms with Gasteiger partial charge in [0.25, 0.3) is 5.56 Å². The van der Waals surface area contributed by atoms with Gasteiger partial charge in [-0.3, -0.25) is 4.79 Å². The number of hydrogen-bond donors (Lipinski definition) is 2. The molecule has 1 atom stereocenters. The third-order valence-corrected chi connectivity index (χ3v) is 2.60. The van der Waals surface area contributed by atoms with Crippen LogP contribution in [0.2, 0.25) is 5.02 Å². The van der Waals surface area contributed by atoms with Gasteiger partial charge in [0, 0.05) is 20.7 Å². The third kappa shape index (κ3) is 3.99. The Kier molecular flexibility index (Phi) is 5.40. The summed E-state index contributed by atoms with van der Waals surface area (Å²) in [4.78, 5) is 11.4. The summed E-state index contributed by atoms with van der Waals surface area (Å²) in [5.74, 6) is 0. The van der Waals surface area contributed by atoms with Crippen molar-refractivity contribution in [2.24, 2.45) is 7.05 Å². The lowest BCUT2D eigenvalue weighted by molar-refractivity contribution is 0.0615. The molecular formula is C10H16ClN3O3. The summed E-state index contributed by atoms with van der Waals surface area (Å²) in [6.45, 7) is 0.767. The van der Waals surface area contributed by atoms with E-state index in [1.165, 1.54) is 20.4 Å². The molecule has 0 aliphatic rings. The van der Waals surface area contributed by atoms with Crippen LogP contribution in [0.1, 0.15) is 6.42 Å². The van der Waals surface area contributed by atoms with Crippen molar-refractivity contribution in [2.45, 2.75) is 12.5 Å². The molecular weight excluding hydrogens is 246 g/mol. The molecule has 0 saturated heterocycles. The number of methoxy groups -OCH3 is 1. The van der Waals surface area contributed by atoms with E-state index in [1.54, 1.807) is 0 Å². The van der Waals surface area contributed by atoms with Gasteiger partial charge in [-0.15, -0.1) is 0 Å². The summed E-state index contributed by atoms with van der Waals surface area (Å²) in [6, 6.07) is 0.